The van der Waals surface area contributed by atoms with Crippen LogP contribution in [0.3, 0.4) is 0 Å². The molecule has 0 saturated heterocycles. The number of anilines is 1. The largest absolute Gasteiger partial charge is 0.333 e. The molecular weight excluding hydrogens is 448 g/mol. The average Bonchev–Trinajstić information content (AvgIpc) is 3.29. The lowest BCUT2D eigenvalue weighted by molar-refractivity contribution is 0.0962. The summed E-state index contributed by atoms with van der Waals surface area (Å²) in [4.78, 5) is 37.7. The van der Waals surface area contributed by atoms with Crippen LogP contribution < -0.4 is 16.4 Å². The first-order valence-corrected chi connectivity index (χ1v) is 11.8. The number of para-hydroxylation sites is 3. The Hall–Kier alpha value is -4.11. The van der Waals surface area contributed by atoms with Gasteiger partial charge in [0.1, 0.15) is 0 Å². The zero-order valence-corrected chi connectivity index (χ0v) is 19.2. The minimum Gasteiger partial charge on any atom is -0.333 e. The fraction of sp³-hybridized carbons (Fsp3) is 0.120. The Morgan fingerprint density at radius 3 is 2.47 bits per heavy atom. The molecule has 34 heavy (non-hydrogen) atoms. The standard InChI is InChI=1S/C25H22N6O2S/c1-2-31-23(33)18-7-3-4-8-19(18)26-24(31)30-29-22(32)17-13-11-16(12-14-17)15-34-25-27-20-9-5-6-10-21(20)28-25/h3-14H,2,15H2,1H3,(H,26,30)(H,27,28)(H,29,32). The Morgan fingerprint density at radius 2 is 1.71 bits per heavy atom. The van der Waals surface area contributed by atoms with Crippen LogP contribution in [0.4, 0.5) is 5.95 Å². The van der Waals surface area contributed by atoms with Gasteiger partial charge < -0.3 is 4.98 Å². The molecule has 0 unspecified atom stereocenters. The third-order valence-electron chi connectivity index (χ3n) is 5.43. The zero-order valence-electron chi connectivity index (χ0n) is 18.4. The first-order valence-electron chi connectivity index (χ1n) is 10.8. The molecule has 0 atom stereocenters. The Kier molecular flexibility index (Phi) is 6.01. The van der Waals surface area contributed by atoms with E-state index in [-0.39, 0.29) is 11.5 Å². The number of hydrazine groups is 1. The van der Waals surface area contributed by atoms with Crippen molar-refractivity contribution >= 4 is 45.6 Å². The number of aromatic amines is 1. The number of nitrogens with zero attached hydrogens (tertiary/aromatic N) is 3. The summed E-state index contributed by atoms with van der Waals surface area (Å²) in [5.74, 6) is 0.698. The number of carbonyl (C=O) groups excluding carboxylic acids is 1. The molecule has 3 aromatic carbocycles. The third-order valence-corrected chi connectivity index (χ3v) is 6.37. The van der Waals surface area contributed by atoms with E-state index >= 15 is 0 Å². The van der Waals surface area contributed by atoms with Crippen LogP contribution in [0.2, 0.25) is 0 Å². The van der Waals surface area contributed by atoms with Crippen molar-refractivity contribution in [2.24, 2.45) is 0 Å². The molecule has 0 radical (unpaired) electrons. The van der Waals surface area contributed by atoms with Gasteiger partial charge in [0.05, 0.1) is 21.9 Å². The Balaban J connectivity index is 1.23. The molecule has 2 aromatic heterocycles. The molecule has 5 aromatic rings. The van der Waals surface area contributed by atoms with Crippen LogP contribution in [0, 0.1) is 0 Å². The number of thioether (sulfide) groups is 1. The van der Waals surface area contributed by atoms with E-state index in [1.165, 1.54) is 4.57 Å². The molecule has 3 N–H and O–H groups in total. The first kappa shape index (κ1) is 21.7. The summed E-state index contributed by atoms with van der Waals surface area (Å²) in [6.45, 7) is 2.28. The number of hydrogen-bond donors (Lipinski definition) is 3. The lowest BCUT2D eigenvalue weighted by Gasteiger charge is -2.14. The molecule has 0 saturated carbocycles. The molecule has 0 bridgehead atoms. The van der Waals surface area contributed by atoms with Crippen molar-refractivity contribution in [3.05, 3.63) is 94.3 Å². The highest BCUT2D eigenvalue weighted by atomic mass is 32.2. The number of rotatable bonds is 7. The molecular formula is C25H22N6O2S. The van der Waals surface area contributed by atoms with Crippen LogP contribution in [-0.4, -0.2) is 25.4 Å². The van der Waals surface area contributed by atoms with Gasteiger partial charge in [-0.05, 0) is 48.9 Å². The lowest BCUT2D eigenvalue weighted by atomic mass is 10.1. The van der Waals surface area contributed by atoms with Crippen molar-refractivity contribution in [2.75, 3.05) is 5.43 Å². The number of H-pyrrole nitrogens is 1. The monoisotopic (exact) mass is 470 g/mol. The Morgan fingerprint density at radius 1 is 0.971 bits per heavy atom. The summed E-state index contributed by atoms with van der Waals surface area (Å²) in [5, 5.41) is 1.40. The summed E-state index contributed by atoms with van der Waals surface area (Å²) >= 11 is 1.61. The van der Waals surface area contributed by atoms with Crippen molar-refractivity contribution in [1.82, 2.24) is 24.9 Å². The molecule has 9 heteroatoms. The second kappa shape index (κ2) is 9.40. The molecule has 0 fully saturated rings. The van der Waals surface area contributed by atoms with E-state index in [2.05, 4.69) is 25.8 Å². The van der Waals surface area contributed by atoms with Crippen LogP contribution in [-0.2, 0) is 12.3 Å². The van der Waals surface area contributed by atoms with Gasteiger partial charge in [0, 0.05) is 17.9 Å². The number of benzene rings is 3. The summed E-state index contributed by atoms with van der Waals surface area (Å²) in [6, 6.07) is 22.4. The molecule has 0 aliphatic rings. The maximum absolute atomic E-state index is 12.7. The average molecular weight is 471 g/mol. The molecule has 2 heterocycles. The van der Waals surface area contributed by atoms with Gasteiger partial charge in [0.2, 0.25) is 5.95 Å². The summed E-state index contributed by atoms with van der Waals surface area (Å²) < 4.78 is 1.49. The van der Waals surface area contributed by atoms with Gasteiger partial charge >= 0.3 is 0 Å². The Bertz CT molecular complexity index is 1510. The van der Waals surface area contributed by atoms with Gasteiger partial charge in [-0.1, -0.05) is 48.2 Å². The van der Waals surface area contributed by atoms with Gasteiger partial charge in [-0.15, -0.1) is 0 Å². The van der Waals surface area contributed by atoms with Gasteiger partial charge in [0.15, 0.2) is 5.16 Å². The minimum absolute atomic E-state index is 0.156. The van der Waals surface area contributed by atoms with Gasteiger partial charge in [-0.25, -0.2) is 9.97 Å². The van der Waals surface area contributed by atoms with E-state index in [0.717, 1.165) is 27.5 Å². The van der Waals surface area contributed by atoms with Gasteiger partial charge in [-0.2, -0.15) is 0 Å². The van der Waals surface area contributed by atoms with E-state index in [9.17, 15) is 9.59 Å². The normalized spacial score (nSPS) is 11.1. The van der Waals surface area contributed by atoms with Gasteiger partial charge in [0.25, 0.3) is 11.5 Å². The smallest absolute Gasteiger partial charge is 0.269 e. The van der Waals surface area contributed by atoms with Crippen molar-refractivity contribution < 1.29 is 4.79 Å². The molecule has 170 valence electrons. The SMILES string of the molecule is CCn1c(NNC(=O)c2ccc(CSc3nc4ccccc4[nH]3)cc2)nc2ccccc2c1=O. The van der Waals surface area contributed by atoms with Crippen LogP contribution in [0.25, 0.3) is 21.9 Å². The topological polar surface area (TPSA) is 105 Å². The van der Waals surface area contributed by atoms with Gasteiger partial charge in [-0.3, -0.25) is 25.0 Å². The van der Waals surface area contributed by atoms with Crippen LogP contribution in [0.5, 0.6) is 0 Å². The van der Waals surface area contributed by atoms with Crippen LogP contribution in [0.1, 0.15) is 22.8 Å². The highest BCUT2D eigenvalue weighted by molar-refractivity contribution is 7.98. The highest BCUT2D eigenvalue weighted by Crippen LogP contribution is 2.23. The number of imidazole rings is 1. The molecule has 0 aliphatic heterocycles. The highest BCUT2D eigenvalue weighted by Gasteiger charge is 2.11. The summed E-state index contributed by atoms with van der Waals surface area (Å²) in [6.07, 6.45) is 0. The number of fused-ring (bicyclic) bond motifs is 2. The van der Waals surface area contributed by atoms with E-state index in [1.54, 1.807) is 42.1 Å². The van der Waals surface area contributed by atoms with Crippen molar-refractivity contribution in [3.8, 4) is 0 Å². The molecule has 1 amide bonds. The quantitative estimate of drug-likeness (QED) is 0.241. The zero-order chi connectivity index (χ0) is 23.5. The number of amides is 1. The summed E-state index contributed by atoms with van der Waals surface area (Å²) in [7, 11) is 0. The predicted molar refractivity (Wildman–Crippen MR) is 135 cm³/mol. The molecule has 5 rings (SSSR count). The maximum atomic E-state index is 12.7. The first-order chi connectivity index (χ1) is 16.6. The number of carbonyl (C=O) groups is 1. The van der Waals surface area contributed by atoms with E-state index < -0.39 is 0 Å². The second-order valence-corrected chi connectivity index (χ2v) is 8.59. The summed E-state index contributed by atoms with van der Waals surface area (Å²) in [5.41, 5.74) is 9.39. The number of aromatic nitrogens is 4. The molecule has 0 spiro atoms. The van der Waals surface area contributed by atoms with Crippen molar-refractivity contribution in [1.29, 1.82) is 0 Å². The van der Waals surface area contributed by atoms with E-state index in [1.807, 2.05) is 49.4 Å². The fourth-order valence-electron chi connectivity index (χ4n) is 3.64. The lowest BCUT2D eigenvalue weighted by Crippen LogP contribution is -2.34. The number of nitrogens with one attached hydrogen (secondary N) is 3. The second-order valence-electron chi connectivity index (χ2n) is 7.63. The maximum Gasteiger partial charge on any atom is 0.269 e. The number of hydrogen-bond acceptors (Lipinski definition) is 6. The van der Waals surface area contributed by atoms with Crippen LogP contribution >= 0.6 is 11.8 Å². The fourth-order valence-corrected chi connectivity index (χ4v) is 4.48. The third kappa shape index (κ3) is 4.38. The predicted octanol–water partition coefficient (Wildman–Crippen LogP) is 4.34. The molecule has 8 nitrogen and oxygen atoms in total. The van der Waals surface area contributed by atoms with Crippen molar-refractivity contribution in [2.45, 2.75) is 24.4 Å². The minimum atomic E-state index is -0.318. The molecule has 0 aliphatic carbocycles. The van der Waals surface area contributed by atoms with E-state index in [4.69, 9.17) is 0 Å². The van der Waals surface area contributed by atoms with Crippen LogP contribution in [0.15, 0.2) is 82.7 Å². The van der Waals surface area contributed by atoms with Crippen molar-refractivity contribution in [3.63, 3.8) is 0 Å². The van der Waals surface area contributed by atoms with E-state index in [0.29, 0.717) is 29.0 Å². The Labute approximate surface area is 199 Å².